The standard InChI is InChI=1S/C14H17F3N2O/c15-14(16,17)12-6-9(4-5-18-12)13(20)7-10-2-1-3-11(8-13)19-10/h4-6,10-11,19-20H,1-3,7-8H2. The molecule has 1 aromatic heterocycles. The molecule has 0 aliphatic carbocycles. The molecule has 2 aliphatic heterocycles. The molecule has 3 heterocycles. The summed E-state index contributed by atoms with van der Waals surface area (Å²) in [7, 11) is 0. The average Bonchev–Trinajstić information content (AvgIpc) is 2.37. The number of hydrogen-bond donors (Lipinski definition) is 2. The topological polar surface area (TPSA) is 45.2 Å². The van der Waals surface area contributed by atoms with Crippen molar-refractivity contribution < 1.29 is 18.3 Å². The van der Waals surface area contributed by atoms with Gasteiger partial charge in [0.1, 0.15) is 5.69 Å². The van der Waals surface area contributed by atoms with Crippen molar-refractivity contribution in [2.75, 3.05) is 0 Å². The number of alkyl halides is 3. The van der Waals surface area contributed by atoms with Crippen LogP contribution in [0.4, 0.5) is 13.2 Å². The fourth-order valence-corrected chi connectivity index (χ4v) is 3.44. The summed E-state index contributed by atoms with van der Waals surface area (Å²) in [6.45, 7) is 0. The molecule has 2 bridgehead atoms. The van der Waals surface area contributed by atoms with Crippen molar-refractivity contribution in [3.05, 3.63) is 29.6 Å². The van der Waals surface area contributed by atoms with Gasteiger partial charge in [0.2, 0.25) is 0 Å². The van der Waals surface area contributed by atoms with Crippen molar-refractivity contribution in [3.8, 4) is 0 Å². The summed E-state index contributed by atoms with van der Waals surface area (Å²) in [6.07, 6.45) is 0.632. The number of aliphatic hydroxyl groups is 1. The minimum absolute atomic E-state index is 0.190. The first-order valence-corrected chi connectivity index (χ1v) is 6.89. The third-order valence-corrected chi connectivity index (χ3v) is 4.33. The van der Waals surface area contributed by atoms with Gasteiger partial charge in [-0.05, 0) is 43.4 Å². The third-order valence-electron chi connectivity index (χ3n) is 4.33. The first-order valence-electron chi connectivity index (χ1n) is 6.89. The van der Waals surface area contributed by atoms with Gasteiger partial charge >= 0.3 is 6.18 Å². The van der Waals surface area contributed by atoms with Crippen molar-refractivity contribution in [2.45, 2.75) is 56.0 Å². The Labute approximate surface area is 115 Å². The average molecular weight is 286 g/mol. The van der Waals surface area contributed by atoms with Crippen molar-refractivity contribution in [1.82, 2.24) is 10.3 Å². The van der Waals surface area contributed by atoms with Crippen molar-refractivity contribution >= 4 is 0 Å². The second-order valence-electron chi connectivity index (χ2n) is 5.86. The number of pyridine rings is 1. The molecule has 0 saturated carbocycles. The normalized spacial score (nSPS) is 34.0. The van der Waals surface area contributed by atoms with E-state index in [2.05, 4.69) is 10.3 Å². The number of piperidine rings is 2. The highest BCUT2D eigenvalue weighted by atomic mass is 19.4. The molecule has 2 atom stereocenters. The van der Waals surface area contributed by atoms with Crippen LogP contribution < -0.4 is 5.32 Å². The molecule has 2 saturated heterocycles. The molecule has 110 valence electrons. The van der Waals surface area contributed by atoms with Crippen LogP contribution in [-0.2, 0) is 11.8 Å². The Morgan fingerprint density at radius 2 is 1.90 bits per heavy atom. The van der Waals surface area contributed by atoms with E-state index in [4.69, 9.17) is 0 Å². The fourth-order valence-electron chi connectivity index (χ4n) is 3.44. The Balaban J connectivity index is 1.91. The Kier molecular flexibility index (Phi) is 3.25. The largest absolute Gasteiger partial charge is 0.433 e. The van der Waals surface area contributed by atoms with Gasteiger partial charge in [-0.15, -0.1) is 0 Å². The zero-order chi connectivity index (χ0) is 14.4. The number of nitrogens with one attached hydrogen (secondary N) is 1. The molecule has 2 unspecified atom stereocenters. The summed E-state index contributed by atoms with van der Waals surface area (Å²) in [5, 5.41) is 14.2. The monoisotopic (exact) mass is 286 g/mol. The molecular weight excluding hydrogens is 269 g/mol. The molecule has 0 radical (unpaired) electrons. The van der Waals surface area contributed by atoms with Crippen molar-refractivity contribution in [3.63, 3.8) is 0 Å². The number of nitrogens with zero attached hydrogens (tertiary/aromatic N) is 1. The van der Waals surface area contributed by atoms with Crippen LogP contribution in [0.15, 0.2) is 18.3 Å². The van der Waals surface area contributed by atoms with E-state index in [9.17, 15) is 18.3 Å². The van der Waals surface area contributed by atoms with Crippen LogP contribution in [0.25, 0.3) is 0 Å². The van der Waals surface area contributed by atoms with Gasteiger partial charge < -0.3 is 10.4 Å². The third kappa shape index (κ3) is 2.54. The van der Waals surface area contributed by atoms with E-state index < -0.39 is 17.5 Å². The number of halogens is 3. The van der Waals surface area contributed by atoms with Crippen LogP contribution in [-0.4, -0.2) is 22.2 Å². The van der Waals surface area contributed by atoms with Crippen molar-refractivity contribution in [1.29, 1.82) is 0 Å². The highest BCUT2D eigenvalue weighted by molar-refractivity contribution is 5.26. The van der Waals surface area contributed by atoms with E-state index in [0.717, 1.165) is 31.5 Å². The quantitative estimate of drug-likeness (QED) is 0.834. The van der Waals surface area contributed by atoms with Gasteiger partial charge in [-0.1, -0.05) is 6.42 Å². The fraction of sp³-hybridized carbons (Fsp3) is 0.643. The Bertz CT molecular complexity index is 491. The zero-order valence-electron chi connectivity index (χ0n) is 11.0. The highest BCUT2D eigenvalue weighted by Crippen LogP contribution is 2.40. The lowest BCUT2D eigenvalue weighted by atomic mass is 9.74. The Hall–Kier alpha value is -1.14. The van der Waals surface area contributed by atoms with Gasteiger partial charge in [0.05, 0.1) is 5.60 Å². The minimum Gasteiger partial charge on any atom is -0.385 e. The number of fused-ring (bicyclic) bond motifs is 2. The van der Waals surface area contributed by atoms with Gasteiger partial charge in [0.25, 0.3) is 0 Å². The lowest BCUT2D eigenvalue weighted by Gasteiger charge is -2.45. The number of hydrogen-bond acceptors (Lipinski definition) is 3. The van der Waals surface area contributed by atoms with E-state index in [1.165, 1.54) is 6.07 Å². The first kappa shape index (κ1) is 13.8. The molecule has 2 N–H and O–H groups in total. The van der Waals surface area contributed by atoms with Gasteiger partial charge in [0.15, 0.2) is 0 Å². The molecule has 1 aromatic rings. The van der Waals surface area contributed by atoms with Gasteiger partial charge in [-0.2, -0.15) is 13.2 Å². The Morgan fingerprint density at radius 1 is 1.25 bits per heavy atom. The molecule has 20 heavy (non-hydrogen) atoms. The predicted octanol–water partition coefficient (Wildman–Crippen LogP) is 2.59. The van der Waals surface area contributed by atoms with Gasteiger partial charge in [-0.3, -0.25) is 4.98 Å². The highest BCUT2D eigenvalue weighted by Gasteiger charge is 2.43. The zero-order valence-corrected chi connectivity index (χ0v) is 11.0. The second kappa shape index (κ2) is 4.70. The van der Waals surface area contributed by atoms with Crippen LogP contribution in [0.2, 0.25) is 0 Å². The Morgan fingerprint density at radius 3 is 2.50 bits per heavy atom. The molecule has 3 rings (SSSR count). The molecule has 2 fully saturated rings. The molecule has 2 aliphatic rings. The van der Waals surface area contributed by atoms with E-state index in [0.29, 0.717) is 18.4 Å². The van der Waals surface area contributed by atoms with E-state index in [-0.39, 0.29) is 12.1 Å². The maximum absolute atomic E-state index is 12.7. The molecule has 0 amide bonds. The number of aromatic nitrogens is 1. The SMILES string of the molecule is OC1(c2ccnc(C(F)(F)F)c2)CC2CCCC(C1)N2. The van der Waals surface area contributed by atoms with Crippen LogP contribution in [0, 0.1) is 0 Å². The molecule has 3 nitrogen and oxygen atoms in total. The molecule has 6 heteroatoms. The first-order chi connectivity index (χ1) is 9.37. The lowest BCUT2D eigenvalue weighted by molar-refractivity contribution is -0.141. The number of rotatable bonds is 1. The summed E-state index contributed by atoms with van der Waals surface area (Å²) in [4.78, 5) is 3.36. The lowest BCUT2D eigenvalue weighted by Crippen LogP contribution is -2.54. The van der Waals surface area contributed by atoms with Crippen molar-refractivity contribution in [2.24, 2.45) is 0 Å². The molecule has 0 aromatic carbocycles. The summed E-state index contributed by atoms with van der Waals surface area (Å²) in [6, 6.07) is 2.86. The summed E-state index contributed by atoms with van der Waals surface area (Å²) in [5.74, 6) is 0. The van der Waals surface area contributed by atoms with Gasteiger partial charge in [-0.25, -0.2) is 0 Å². The van der Waals surface area contributed by atoms with Crippen LogP contribution >= 0.6 is 0 Å². The minimum atomic E-state index is -4.48. The molecular formula is C14H17F3N2O. The van der Waals surface area contributed by atoms with E-state index in [1.54, 1.807) is 0 Å². The summed E-state index contributed by atoms with van der Waals surface area (Å²) < 4.78 is 38.2. The predicted molar refractivity (Wildman–Crippen MR) is 66.9 cm³/mol. The van der Waals surface area contributed by atoms with Crippen LogP contribution in [0.1, 0.15) is 43.4 Å². The van der Waals surface area contributed by atoms with Gasteiger partial charge in [0, 0.05) is 18.3 Å². The summed E-state index contributed by atoms with van der Waals surface area (Å²) >= 11 is 0. The van der Waals surface area contributed by atoms with E-state index in [1.807, 2.05) is 0 Å². The summed E-state index contributed by atoms with van der Waals surface area (Å²) in [5.41, 5.74) is -1.78. The molecule has 0 spiro atoms. The maximum Gasteiger partial charge on any atom is 0.433 e. The smallest absolute Gasteiger partial charge is 0.385 e. The van der Waals surface area contributed by atoms with E-state index >= 15 is 0 Å². The maximum atomic E-state index is 12.7. The second-order valence-corrected chi connectivity index (χ2v) is 5.86. The van der Waals surface area contributed by atoms with Crippen LogP contribution in [0.3, 0.4) is 0 Å². The van der Waals surface area contributed by atoms with Crippen LogP contribution in [0.5, 0.6) is 0 Å².